The summed E-state index contributed by atoms with van der Waals surface area (Å²) in [4.78, 5) is 25.6. The van der Waals surface area contributed by atoms with Gasteiger partial charge in [0.1, 0.15) is 4.88 Å². The summed E-state index contributed by atoms with van der Waals surface area (Å²) in [5.74, 6) is -0.712. The SMILES string of the molecule is O=C(O)c1ccc(CN2CCCCCC2=O)s1. The smallest absolute Gasteiger partial charge is 0.345 e. The Kier molecular flexibility index (Phi) is 3.78. The van der Waals surface area contributed by atoms with Gasteiger partial charge in [0.25, 0.3) is 0 Å². The van der Waals surface area contributed by atoms with Gasteiger partial charge in [0.15, 0.2) is 0 Å². The fourth-order valence-corrected chi connectivity index (χ4v) is 2.83. The fraction of sp³-hybridized carbons (Fsp3) is 0.500. The summed E-state index contributed by atoms with van der Waals surface area (Å²) < 4.78 is 0. The lowest BCUT2D eigenvalue weighted by Gasteiger charge is -2.19. The highest BCUT2D eigenvalue weighted by atomic mass is 32.1. The minimum absolute atomic E-state index is 0.188. The summed E-state index contributed by atoms with van der Waals surface area (Å²) in [6, 6.07) is 3.40. The predicted molar refractivity (Wildman–Crippen MR) is 65.2 cm³/mol. The third-order valence-corrected chi connectivity index (χ3v) is 3.95. The van der Waals surface area contributed by atoms with Crippen LogP contribution in [0.1, 0.15) is 40.2 Å². The number of carboxylic acids is 1. The van der Waals surface area contributed by atoms with E-state index in [4.69, 9.17) is 5.11 Å². The summed E-state index contributed by atoms with van der Waals surface area (Å²) >= 11 is 1.25. The molecule has 0 bridgehead atoms. The molecule has 1 saturated heterocycles. The highest BCUT2D eigenvalue weighted by Crippen LogP contribution is 2.20. The summed E-state index contributed by atoms with van der Waals surface area (Å²) in [6.07, 6.45) is 3.74. The topological polar surface area (TPSA) is 57.6 Å². The van der Waals surface area contributed by atoms with Gasteiger partial charge in [-0.25, -0.2) is 4.79 Å². The van der Waals surface area contributed by atoms with Crippen LogP contribution in [-0.4, -0.2) is 28.4 Å². The van der Waals surface area contributed by atoms with E-state index in [1.54, 1.807) is 12.1 Å². The van der Waals surface area contributed by atoms with Crippen molar-refractivity contribution in [3.8, 4) is 0 Å². The quantitative estimate of drug-likeness (QED) is 0.899. The third kappa shape index (κ3) is 3.06. The van der Waals surface area contributed by atoms with E-state index in [9.17, 15) is 9.59 Å². The standard InChI is InChI=1S/C12H15NO3S/c14-11-4-2-1-3-7-13(11)8-9-5-6-10(17-9)12(15)16/h5-6H,1-4,7-8H2,(H,15,16). The number of carbonyl (C=O) groups is 2. The average molecular weight is 253 g/mol. The van der Waals surface area contributed by atoms with Crippen molar-refractivity contribution in [3.05, 3.63) is 21.9 Å². The van der Waals surface area contributed by atoms with Gasteiger partial charge in [0.2, 0.25) is 5.91 Å². The molecule has 0 atom stereocenters. The lowest BCUT2D eigenvalue weighted by Crippen LogP contribution is -2.29. The summed E-state index contributed by atoms with van der Waals surface area (Å²) in [7, 11) is 0. The molecule has 0 aromatic carbocycles. The van der Waals surface area contributed by atoms with Crippen LogP contribution in [0, 0.1) is 0 Å². The molecule has 1 fully saturated rings. The Bertz CT molecular complexity index is 427. The van der Waals surface area contributed by atoms with Crippen molar-refractivity contribution in [1.82, 2.24) is 4.90 Å². The van der Waals surface area contributed by atoms with Crippen molar-refractivity contribution in [2.24, 2.45) is 0 Å². The Balaban J connectivity index is 2.03. The zero-order valence-corrected chi connectivity index (χ0v) is 10.3. The average Bonchev–Trinajstić information content (AvgIpc) is 2.66. The molecule has 0 aliphatic carbocycles. The molecule has 0 radical (unpaired) electrons. The Morgan fingerprint density at radius 3 is 2.88 bits per heavy atom. The van der Waals surface area contributed by atoms with Crippen molar-refractivity contribution in [1.29, 1.82) is 0 Å². The van der Waals surface area contributed by atoms with Crippen LogP contribution in [0.4, 0.5) is 0 Å². The maximum Gasteiger partial charge on any atom is 0.345 e. The molecular formula is C12H15NO3S. The second kappa shape index (κ2) is 5.31. The first-order valence-corrected chi connectivity index (χ1v) is 6.58. The zero-order chi connectivity index (χ0) is 12.3. The molecule has 1 aromatic rings. The number of carboxylic acid groups (broad SMARTS) is 1. The Labute approximate surface area is 104 Å². The van der Waals surface area contributed by atoms with E-state index in [-0.39, 0.29) is 5.91 Å². The molecule has 0 unspecified atom stereocenters. The molecule has 1 aromatic heterocycles. The van der Waals surface area contributed by atoms with Crippen molar-refractivity contribution in [2.45, 2.75) is 32.2 Å². The van der Waals surface area contributed by atoms with Gasteiger partial charge in [-0.3, -0.25) is 4.79 Å². The van der Waals surface area contributed by atoms with Crippen LogP contribution in [0.15, 0.2) is 12.1 Å². The van der Waals surface area contributed by atoms with Crippen molar-refractivity contribution < 1.29 is 14.7 Å². The maximum absolute atomic E-state index is 11.8. The number of thiophene rings is 1. The van der Waals surface area contributed by atoms with Crippen LogP contribution in [0.2, 0.25) is 0 Å². The van der Waals surface area contributed by atoms with E-state index in [1.165, 1.54) is 11.3 Å². The third-order valence-electron chi connectivity index (χ3n) is 2.89. The largest absolute Gasteiger partial charge is 0.477 e. The number of likely N-dealkylation sites (tertiary alicyclic amines) is 1. The second-order valence-electron chi connectivity index (χ2n) is 4.20. The number of hydrogen-bond donors (Lipinski definition) is 1. The Hall–Kier alpha value is -1.36. The van der Waals surface area contributed by atoms with E-state index in [0.717, 1.165) is 30.7 Å². The van der Waals surface area contributed by atoms with Gasteiger partial charge in [-0.1, -0.05) is 6.42 Å². The van der Waals surface area contributed by atoms with E-state index >= 15 is 0 Å². The number of aromatic carboxylic acids is 1. The summed E-state index contributed by atoms with van der Waals surface area (Å²) in [5, 5.41) is 8.83. The molecule has 2 rings (SSSR count). The van der Waals surface area contributed by atoms with E-state index in [0.29, 0.717) is 17.8 Å². The minimum Gasteiger partial charge on any atom is -0.477 e. The highest BCUT2D eigenvalue weighted by molar-refractivity contribution is 7.13. The van der Waals surface area contributed by atoms with Gasteiger partial charge < -0.3 is 10.0 Å². The molecule has 1 aliphatic rings. The van der Waals surface area contributed by atoms with Crippen molar-refractivity contribution >= 4 is 23.2 Å². The van der Waals surface area contributed by atoms with Gasteiger partial charge in [-0.15, -0.1) is 11.3 Å². The van der Waals surface area contributed by atoms with Crippen LogP contribution in [-0.2, 0) is 11.3 Å². The van der Waals surface area contributed by atoms with Gasteiger partial charge in [0.05, 0.1) is 6.54 Å². The summed E-state index contributed by atoms with van der Waals surface area (Å²) in [6.45, 7) is 1.34. The van der Waals surface area contributed by atoms with E-state index < -0.39 is 5.97 Å². The van der Waals surface area contributed by atoms with Crippen LogP contribution in [0.5, 0.6) is 0 Å². The number of rotatable bonds is 3. The molecule has 92 valence electrons. The fourth-order valence-electron chi connectivity index (χ4n) is 1.97. The molecule has 1 N–H and O–H groups in total. The first kappa shape index (κ1) is 12.1. The molecule has 4 nitrogen and oxygen atoms in total. The Morgan fingerprint density at radius 1 is 1.35 bits per heavy atom. The van der Waals surface area contributed by atoms with E-state index in [1.807, 2.05) is 4.90 Å². The normalized spacial score (nSPS) is 16.9. The molecule has 1 amide bonds. The number of nitrogens with zero attached hydrogens (tertiary/aromatic N) is 1. The molecule has 5 heteroatoms. The van der Waals surface area contributed by atoms with Gasteiger partial charge in [-0.2, -0.15) is 0 Å². The van der Waals surface area contributed by atoms with E-state index in [2.05, 4.69) is 0 Å². The maximum atomic E-state index is 11.8. The first-order valence-electron chi connectivity index (χ1n) is 5.76. The predicted octanol–water partition coefficient (Wildman–Crippen LogP) is 2.35. The van der Waals surface area contributed by atoms with Crippen LogP contribution >= 0.6 is 11.3 Å². The number of amides is 1. The Morgan fingerprint density at radius 2 is 2.18 bits per heavy atom. The molecule has 2 heterocycles. The molecule has 0 spiro atoms. The first-order chi connectivity index (χ1) is 8.16. The lowest BCUT2D eigenvalue weighted by atomic mass is 10.2. The van der Waals surface area contributed by atoms with Crippen LogP contribution in [0.25, 0.3) is 0 Å². The minimum atomic E-state index is -0.900. The molecule has 17 heavy (non-hydrogen) atoms. The molecule has 0 saturated carbocycles. The monoisotopic (exact) mass is 253 g/mol. The van der Waals surface area contributed by atoms with Crippen LogP contribution in [0.3, 0.4) is 0 Å². The number of hydrogen-bond acceptors (Lipinski definition) is 3. The summed E-state index contributed by atoms with van der Waals surface area (Å²) in [5.41, 5.74) is 0. The number of carbonyl (C=O) groups excluding carboxylic acids is 1. The van der Waals surface area contributed by atoms with Gasteiger partial charge >= 0.3 is 5.97 Å². The van der Waals surface area contributed by atoms with Crippen molar-refractivity contribution in [3.63, 3.8) is 0 Å². The second-order valence-corrected chi connectivity index (χ2v) is 5.37. The molecular weight excluding hydrogens is 238 g/mol. The van der Waals surface area contributed by atoms with Crippen LogP contribution < -0.4 is 0 Å². The van der Waals surface area contributed by atoms with Gasteiger partial charge in [-0.05, 0) is 25.0 Å². The highest BCUT2D eigenvalue weighted by Gasteiger charge is 2.17. The zero-order valence-electron chi connectivity index (χ0n) is 9.52. The molecule has 1 aliphatic heterocycles. The van der Waals surface area contributed by atoms with Gasteiger partial charge in [0, 0.05) is 17.8 Å². The lowest BCUT2D eigenvalue weighted by molar-refractivity contribution is -0.131. The van der Waals surface area contributed by atoms with Crippen molar-refractivity contribution in [2.75, 3.05) is 6.54 Å².